The predicted molar refractivity (Wildman–Crippen MR) is 62.1 cm³/mol. The number of carbonyl (C=O) groups is 2. The fourth-order valence-electron chi connectivity index (χ4n) is 1.08. The molecule has 0 fully saturated rings. The van der Waals surface area contributed by atoms with Gasteiger partial charge in [0.05, 0.1) is 6.61 Å². The predicted octanol–water partition coefficient (Wildman–Crippen LogP) is 0.907. The summed E-state index contributed by atoms with van der Waals surface area (Å²) in [4.78, 5) is 21.9. The van der Waals surface area contributed by atoms with Crippen LogP contribution in [0.5, 0.6) is 0 Å². The number of carboxylic acids is 1. The van der Waals surface area contributed by atoms with Crippen LogP contribution in [-0.2, 0) is 4.79 Å². The third kappa shape index (κ3) is 4.29. The molecule has 7 heteroatoms. The number of hydrogen-bond donors (Lipinski definition) is 4. The standard InChI is InChI=1S/C10H11ClN2O4/c11-6-2-1-3-7(4-6)12-10(17)13-8(5-14)9(15)16/h1-4,8,14H,5H2,(H,15,16)(H2,12,13,17)/t8-/m0/s1. The van der Waals surface area contributed by atoms with Gasteiger partial charge in [0.2, 0.25) is 0 Å². The quantitative estimate of drug-likeness (QED) is 0.645. The Bertz CT molecular complexity index is 425. The third-order valence-electron chi connectivity index (χ3n) is 1.87. The minimum atomic E-state index is -1.34. The van der Waals surface area contributed by atoms with E-state index in [0.29, 0.717) is 10.7 Å². The SMILES string of the molecule is O=C(Nc1cccc(Cl)c1)N[C@@H](CO)C(=O)O. The van der Waals surface area contributed by atoms with Crippen LogP contribution in [0.3, 0.4) is 0 Å². The summed E-state index contributed by atoms with van der Waals surface area (Å²) in [5.74, 6) is -1.31. The van der Waals surface area contributed by atoms with Crippen molar-refractivity contribution in [1.82, 2.24) is 5.32 Å². The molecule has 0 unspecified atom stereocenters. The summed E-state index contributed by atoms with van der Waals surface area (Å²) in [7, 11) is 0. The molecule has 6 nitrogen and oxygen atoms in total. The number of aliphatic hydroxyl groups excluding tert-OH is 1. The van der Waals surface area contributed by atoms with Crippen molar-refractivity contribution < 1.29 is 19.8 Å². The highest BCUT2D eigenvalue weighted by molar-refractivity contribution is 6.30. The monoisotopic (exact) mass is 258 g/mol. The number of carboxylic acid groups (broad SMARTS) is 1. The summed E-state index contributed by atoms with van der Waals surface area (Å²) < 4.78 is 0. The Kier molecular flexibility index (Phi) is 4.74. The number of benzene rings is 1. The van der Waals surface area contributed by atoms with E-state index in [4.69, 9.17) is 21.8 Å². The van der Waals surface area contributed by atoms with Gasteiger partial charge in [0.25, 0.3) is 0 Å². The number of amides is 2. The molecule has 1 rings (SSSR count). The topological polar surface area (TPSA) is 98.7 Å². The molecular weight excluding hydrogens is 248 g/mol. The summed E-state index contributed by atoms with van der Waals surface area (Å²) in [5, 5.41) is 22.2. The van der Waals surface area contributed by atoms with Crippen molar-refractivity contribution in [3.8, 4) is 0 Å². The van der Waals surface area contributed by atoms with Crippen LogP contribution in [0.15, 0.2) is 24.3 Å². The highest BCUT2D eigenvalue weighted by Gasteiger charge is 2.18. The van der Waals surface area contributed by atoms with Gasteiger partial charge < -0.3 is 20.8 Å². The van der Waals surface area contributed by atoms with Gasteiger partial charge in [0.15, 0.2) is 6.04 Å². The number of nitrogens with one attached hydrogen (secondary N) is 2. The van der Waals surface area contributed by atoms with Gasteiger partial charge in [-0.05, 0) is 18.2 Å². The molecule has 1 aromatic rings. The lowest BCUT2D eigenvalue weighted by atomic mass is 10.3. The highest BCUT2D eigenvalue weighted by atomic mass is 35.5. The van der Waals surface area contributed by atoms with Crippen molar-refractivity contribution in [2.24, 2.45) is 0 Å². The van der Waals surface area contributed by atoms with E-state index in [1.165, 1.54) is 6.07 Å². The molecule has 1 atom stereocenters. The van der Waals surface area contributed by atoms with Gasteiger partial charge in [-0.3, -0.25) is 0 Å². The van der Waals surface area contributed by atoms with Crippen molar-refractivity contribution >= 4 is 29.3 Å². The van der Waals surface area contributed by atoms with Crippen molar-refractivity contribution in [3.63, 3.8) is 0 Å². The van der Waals surface area contributed by atoms with Crippen LogP contribution in [0.25, 0.3) is 0 Å². The van der Waals surface area contributed by atoms with Gasteiger partial charge in [-0.25, -0.2) is 9.59 Å². The Labute approximate surface area is 102 Å². The molecule has 0 aliphatic rings. The zero-order valence-electron chi connectivity index (χ0n) is 8.68. The van der Waals surface area contributed by atoms with E-state index in [1.807, 2.05) is 0 Å². The Morgan fingerprint density at radius 2 is 2.12 bits per heavy atom. The third-order valence-corrected chi connectivity index (χ3v) is 2.10. The van der Waals surface area contributed by atoms with Crippen LogP contribution in [-0.4, -0.2) is 34.9 Å². The van der Waals surface area contributed by atoms with Crippen molar-refractivity contribution in [3.05, 3.63) is 29.3 Å². The number of aliphatic hydroxyl groups is 1. The van der Waals surface area contributed by atoms with Gasteiger partial charge >= 0.3 is 12.0 Å². The lowest BCUT2D eigenvalue weighted by Gasteiger charge is -2.12. The fourth-order valence-corrected chi connectivity index (χ4v) is 1.27. The lowest BCUT2D eigenvalue weighted by Crippen LogP contribution is -2.45. The maximum absolute atomic E-state index is 11.4. The molecule has 0 saturated carbocycles. The van der Waals surface area contributed by atoms with Gasteiger partial charge in [-0.2, -0.15) is 0 Å². The largest absolute Gasteiger partial charge is 0.480 e. The van der Waals surface area contributed by atoms with Crippen molar-refractivity contribution in [1.29, 1.82) is 0 Å². The number of aliphatic carboxylic acids is 1. The van der Waals surface area contributed by atoms with Crippen LogP contribution in [0.1, 0.15) is 0 Å². The number of halogens is 1. The second-order valence-corrected chi connectivity index (χ2v) is 3.62. The highest BCUT2D eigenvalue weighted by Crippen LogP contribution is 2.14. The maximum Gasteiger partial charge on any atom is 0.328 e. The molecule has 0 bridgehead atoms. The molecule has 0 radical (unpaired) electrons. The smallest absolute Gasteiger partial charge is 0.328 e. The first-order valence-corrected chi connectivity index (χ1v) is 5.07. The lowest BCUT2D eigenvalue weighted by molar-refractivity contribution is -0.140. The van der Waals surface area contributed by atoms with Crippen LogP contribution in [0, 0.1) is 0 Å². The minimum absolute atomic E-state index is 0.428. The van der Waals surface area contributed by atoms with Gasteiger partial charge in [0, 0.05) is 10.7 Å². The molecular formula is C10H11ClN2O4. The number of carbonyl (C=O) groups excluding carboxylic acids is 1. The zero-order valence-corrected chi connectivity index (χ0v) is 9.44. The van der Waals surface area contributed by atoms with Crippen molar-refractivity contribution in [2.75, 3.05) is 11.9 Å². The van der Waals surface area contributed by atoms with E-state index < -0.39 is 24.6 Å². The molecule has 4 N–H and O–H groups in total. The van der Waals surface area contributed by atoms with Gasteiger partial charge in [-0.1, -0.05) is 17.7 Å². The average Bonchev–Trinajstić information content (AvgIpc) is 2.25. The first kappa shape index (κ1) is 13.3. The van der Waals surface area contributed by atoms with E-state index in [-0.39, 0.29) is 0 Å². The Morgan fingerprint density at radius 3 is 2.65 bits per heavy atom. The maximum atomic E-state index is 11.4. The molecule has 0 heterocycles. The first-order chi connectivity index (χ1) is 8.02. The van der Waals surface area contributed by atoms with Gasteiger partial charge in [-0.15, -0.1) is 0 Å². The summed E-state index contributed by atoms with van der Waals surface area (Å²) in [5.41, 5.74) is 0.428. The molecule has 2 amide bonds. The molecule has 0 spiro atoms. The number of rotatable bonds is 4. The van der Waals surface area contributed by atoms with Crippen LogP contribution < -0.4 is 10.6 Å². The molecule has 92 valence electrons. The van der Waals surface area contributed by atoms with E-state index in [0.717, 1.165) is 0 Å². The summed E-state index contributed by atoms with van der Waals surface area (Å²) in [6.45, 7) is -0.682. The van der Waals surface area contributed by atoms with E-state index in [9.17, 15) is 9.59 Å². The summed E-state index contributed by atoms with van der Waals surface area (Å²) in [6.07, 6.45) is 0. The Morgan fingerprint density at radius 1 is 1.41 bits per heavy atom. The normalized spacial score (nSPS) is 11.6. The zero-order chi connectivity index (χ0) is 12.8. The van der Waals surface area contributed by atoms with E-state index >= 15 is 0 Å². The molecule has 1 aromatic carbocycles. The summed E-state index contributed by atoms with van der Waals surface area (Å²) in [6, 6.07) is 4.32. The summed E-state index contributed by atoms with van der Waals surface area (Å²) >= 11 is 5.71. The fraction of sp³-hybridized carbons (Fsp3) is 0.200. The first-order valence-electron chi connectivity index (χ1n) is 4.69. The Hall–Kier alpha value is -1.79. The van der Waals surface area contributed by atoms with Crippen LogP contribution >= 0.6 is 11.6 Å². The second kappa shape index (κ2) is 6.07. The van der Waals surface area contributed by atoms with E-state index in [1.54, 1.807) is 18.2 Å². The Balaban J connectivity index is 2.58. The van der Waals surface area contributed by atoms with Crippen LogP contribution in [0.2, 0.25) is 5.02 Å². The average molecular weight is 259 g/mol. The minimum Gasteiger partial charge on any atom is -0.480 e. The number of anilines is 1. The van der Waals surface area contributed by atoms with Crippen LogP contribution in [0.4, 0.5) is 10.5 Å². The number of hydrogen-bond acceptors (Lipinski definition) is 3. The molecule has 17 heavy (non-hydrogen) atoms. The van der Waals surface area contributed by atoms with Gasteiger partial charge in [0.1, 0.15) is 0 Å². The molecule has 0 aromatic heterocycles. The number of urea groups is 1. The van der Waals surface area contributed by atoms with Crippen molar-refractivity contribution in [2.45, 2.75) is 6.04 Å². The second-order valence-electron chi connectivity index (χ2n) is 3.18. The van der Waals surface area contributed by atoms with E-state index in [2.05, 4.69) is 10.6 Å². The molecule has 0 aliphatic carbocycles. The molecule has 0 saturated heterocycles. The molecule has 0 aliphatic heterocycles.